The Morgan fingerprint density at radius 2 is 0.901 bits per heavy atom. The third-order valence-electron chi connectivity index (χ3n) is 21.3. The van der Waals surface area contributed by atoms with Crippen molar-refractivity contribution in [1.82, 2.24) is 60.5 Å². The summed E-state index contributed by atoms with van der Waals surface area (Å²) in [5, 5.41) is 21.9. The molecule has 0 bridgehead atoms. The predicted octanol–water partition coefficient (Wildman–Crippen LogP) is 5.35. The van der Waals surface area contributed by atoms with E-state index < -0.39 is 163 Å². The zero-order valence-electron chi connectivity index (χ0n) is 65.1. The number of ether oxygens (including phenoxy) is 1. The first-order chi connectivity index (χ1) is 47.4. The number of carbonyl (C=O) groups excluding carboxylic acids is 12. The summed E-state index contributed by atoms with van der Waals surface area (Å²) in [6.07, 6.45) is 11.2. The maximum Gasteiger partial charge on any atom is 0.247 e. The van der Waals surface area contributed by atoms with Crippen LogP contribution in [0.5, 0.6) is 0 Å². The topological polar surface area (TPSA) is 308 Å². The van der Waals surface area contributed by atoms with Gasteiger partial charge in [0.25, 0.3) is 0 Å². The highest BCUT2D eigenvalue weighted by Crippen LogP contribution is 2.33. The number of likely N-dealkylation sites (tertiary alicyclic amines) is 1. The van der Waals surface area contributed by atoms with E-state index in [1.165, 1.54) is 73.6 Å². The van der Waals surface area contributed by atoms with Gasteiger partial charge in [-0.2, -0.15) is 0 Å². The van der Waals surface area contributed by atoms with E-state index in [-0.39, 0.29) is 80.6 Å². The van der Waals surface area contributed by atoms with E-state index in [2.05, 4.69) is 21.3 Å². The molecule has 4 fully saturated rings. The number of nitrogens with zero attached hydrogens (tertiary/aromatic N) is 8. The van der Waals surface area contributed by atoms with Crippen molar-refractivity contribution in [2.24, 2.45) is 41.4 Å². The van der Waals surface area contributed by atoms with Gasteiger partial charge in [0.1, 0.15) is 60.4 Å². The van der Waals surface area contributed by atoms with Crippen LogP contribution in [0.3, 0.4) is 0 Å². The van der Waals surface area contributed by atoms with Crippen LogP contribution in [-0.4, -0.2) is 264 Å². The van der Waals surface area contributed by atoms with Crippen LogP contribution >= 0.6 is 0 Å². The van der Waals surface area contributed by atoms with Crippen LogP contribution in [0.2, 0.25) is 0 Å². The summed E-state index contributed by atoms with van der Waals surface area (Å²) in [4.78, 5) is 191. The summed E-state index contributed by atoms with van der Waals surface area (Å²) < 4.78 is 5.81. The number of piperidine rings is 1. The first-order valence-corrected chi connectivity index (χ1v) is 38.0. The molecule has 2 aliphatic carbocycles. The molecule has 0 unspecified atom stereocenters. The van der Waals surface area contributed by atoms with Gasteiger partial charge in [0, 0.05) is 62.4 Å². The molecule has 26 heteroatoms. The van der Waals surface area contributed by atoms with Crippen molar-refractivity contribution >= 4 is 70.9 Å². The molecule has 2 saturated heterocycles. The van der Waals surface area contributed by atoms with E-state index in [1.807, 2.05) is 62.3 Å². The van der Waals surface area contributed by atoms with E-state index >= 15 is 28.8 Å². The number of hydrogen-bond acceptors (Lipinski definition) is 14. The van der Waals surface area contributed by atoms with E-state index in [0.29, 0.717) is 32.4 Å². The van der Waals surface area contributed by atoms with Crippen LogP contribution in [-0.2, 0) is 62.3 Å². The molecule has 576 valence electrons. The highest BCUT2D eigenvalue weighted by Gasteiger charge is 2.45. The van der Waals surface area contributed by atoms with E-state index in [0.717, 1.165) is 80.4 Å². The Hall–Kier alpha value is -6.44. The van der Waals surface area contributed by atoms with Crippen molar-refractivity contribution in [3.05, 3.63) is 0 Å². The number of amides is 12. The van der Waals surface area contributed by atoms with Crippen molar-refractivity contribution < 1.29 is 67.4 Å². The number of likely N-dealkylation sites (N-methyl/N-ethyl adjacent to an activating group) is 7. The molecule has 0 radical (unpaired) electrons. The Kier molecular flexibility index (Phi) is 35.9. The number of hydrogen-bond donors (Lipinski definition) is 5. The molecule has 101 heavy (non-hydrogen) atoms. The third kappa shape index (κ3) is 26.0. The Morgan fingerprint density at radius 1 is 0.465 bits per heavy atom. The highest BCUT2D eigenvalue weighted by molar-refractivity contribution is 6.00. The molecule has 4 aliphatic rings. The molecular weight excluding hydrogens is 1290 g/mol. The first kappa shape index (κ1) is 87.0. The van der Waals surface area contributed by atoms with Gasteiger partial charge in [-0.3, -0.25) is 57.5 Å². The summed E-state index contributed by atoms with van der Waals surface area (Å²) in [7, 11) is 10.3. The van der Waals surface area contributed by atoms with Crippen LogP contribution in [0.1, 0.15) is 218 Å². The number of aliphatic hydroxyl groups is 1. The third-order valence-corrected chi connectivity index (χ3v) is 21.3. The van der Waals surface area contributed by atoms with Gasteiger partial charge in [-0.1, -0.05) is 140 Å². The lowest BCUT2D eigenvalue weighted by Crippen LogP contribution is -2.62. The lowest BCUT2D eigenvalue weighted by Gasteiger charge is -2.40. The molecular formula is C75H132N12O14. The molecule has 12 atom stereocenters. The molecule has 2 heterocycles. The molecule has 2 saturated carbocycles. The van der Waals surface area contributed by atoms with Gasteiger partial charge in [-0.05, 0) is 113 Å². The predicted molar refractivity (Wildman–Crippen MR) is 388 cm³/mol. The molecule has 4 rings (SSSR count). The van der Waals surface area contributed by atoms with Crippen LogP contribution in [0.25, 0.3) is 0 Å². The molecule has 0 spiro atoms. The van der Waals surface area contributed by atoms with Gasteiger partial charge in [0.05, 0.1) is 32.3 Å². The van der Waals surface area contributed by atoms with Gasteiger partial charge >= 0.3 is 0 Å². The van der Waals surface area contributed by atoms with Crippen molar-refractivity contribution in [2.75, 3.05) is 82.2 Å². The summed E-state index contributed by atoms with van der Waals surface area (Å²) >= 11 is 0. The summed E-state index contributed by atoms with van der Waals surface area (Å²) in [5.41, 5.74) is 0. The van der Waals surface area contributed by atoms with Crippen LogP contribution in [0.15, 0.2) is 0 Å². The lowest BCUT2D eigenvalue weighted by molar-refractivity contribution is -0.152. The maximum absolute atomic E-state index is 15.7. The van der Waals surface area contributed by atoms with Crippen LogP contribution in [0.4, 0.5) is 0 Å². The fourth-order valence-corrected chi connectivity index (χ4v) is 14.8. The standard InChI is InChI=1S/C75H132N12O14/c1-20-50(10)65-69(94)79-58(45-101-44-51(11)88)70(95)80(13)43-64(90)82(15)59(38-48(6)7)67(92)78-57(73(98)87-34-28-23-29-35-87)42-63(89)81(14)52(12)66(91)76-55(36-46(2)3)71(96)84(17)61(39-49(8)9)74(99)83(16)60(40-53-30-24-21-25-31-53)68(93)77-56(37-47(4)5)72(97)85(18)62(75(100)86(65)19)41-54-32-26-22-27-33-54/h46-62,65,88H,20-45H2,1-19H3,(H,76,91)(H,77,93)(H,78,92)(H,79,94)/t50-,51+,52-,55-,56-,57-,58-,59-,60-,61-,62-,65-/m0/s1. The van der Waals surface area contributed by atoms with E-state index in [4.69, 9.17) is 4.74 Å². The van der Waals surface area contributed by atoms with Crippen molar-refractivity contribution in [3.8, 4) is 0 Å². The Morgan fingerprint density at radius 3 is 1.40 bits per heavy atom. The average Bonchev–Trinajstić information content (AvgIpc) is 0.814. The van der Waals surface area contributed by atoms with E-state index in [1.54, 1.807) is 25.9 Å². The van der Waals surface area contributed by atoms with Crippen molar-refractivity contribution in [2.45, 2.75) is 284 Å². The summed E-state index contributed by atoms with van der Waals surface area (Å²) in [6.45, 7) is 21.2. The molecule has 26 nitrogen and oxygen atoms in total. The van der Waals surface area contributed by atoms with Crippen LogP contribution in [0, 0.1) is 41.4 Å². The monoisotopic (exact) mass is 1420 g/mol. The maximum atomic E-state index is 15.7. The Labute approximate surface area is 604 Å². The lowest BCUT2D eigenvalue weighted by atomic mass is 9.83. The zero-order chi connectivity index (χ0) is 75.9. The van der Waals surface area contributed by atoms with Gasteiger partial charge in [0.2, 0.25) is 70.9 Å². The largest absolute Gasteiger partial charge is 0.391 e. The molecule has 0 aromatic rings. The minimum Gasteiger partial charge on any atom is -0.391 e. The second-order valence-corrected chi connectivity index (χ2v) is 31.8. The summed E-state index contributed by atoms with van der Waals surface area (Å²) in [6, 6.07) is -12.4. The molecule has 0 aromatic carbocycles. The number of carbonyl (C=O) groups is 12. The quantitative estimate of drug-likeness (QED) is 0.109. The highest BCUT2D eigenvalue weighted by atomic mass is 16.5. The smallest absolute Gasteiger partial charge is 0.247 e. The van der Waals surface area contributed by atoms with Gasteiger partial charge in [-0.25, -0.2) is 0 Å². The van der Waals surface area contributed by atoms with Gasteiger partial charge in [-0.15, -0.1) is 0 Å². The number of aliphatic hydroxyl groups excluding tert-OH is 1. The van der Waals surface area contributed by atoms with Crippen molar-refractivity contribution in [3.63, 3.8) is 0 Å². The molecule has 5 N–H and O–H groups in total. The van der Waals surface area contributed by atoms with Gasteiger partial charge in [0.15, 0.2) is 0 Å². The first-order valence-electron chi connectivity index (χ1n) is 38.0. The SMILES string of the molecule is CC[C@H](C)[C@H]1C(=O)N[C@@H](COC[C@@H](C)O)C(=O)N(C)CC(=O)N(C)[C@@H](CC(C)C)C(=O)N[C@H](C(=O)N2CCCCC2)CC(=O)N(C)[C@@H](C)C(=O)N[C@@H](CC(C)C)C(=O)N(C)[C@@H](CC(C)C)C(=O)N(C)[C@@H](CC2CCCCC2)C(=O)N[C@@H](CC(C)C)C(=O)N(C)[C@@H](CC2CCCCC2)C(=O)N1C. The second kappa shape index (κ2) is 41.8. The van der Waals surface area contributed by atoms with E-state index in [9.17, 15) is 33.9 Å². The minimum absolute atomic E-state index is 0.0309. The Bertz CT molecular complexity index is 2750. The molecule has 12 amide bonds. The normalized spacial score (nSPS) is 27.5. The Balaban J connectivity index is 1.97. The molecule has 2 aliphatic heterocycles. The molecule has 0 aromatic heterocycles. The second-order valence-electron chi connectivity index (χ2n) is 31.8. The zero-order valence-corrected chi connectivity index (χ0v) is 65.1. The van der Waals surface area contributed by atoms with Crippen LogP contribution < -0.4 is 21.3 Å². The number of nitrogens with one attached hydrogen (secondary N) is 4. The fraction of sp³-hybridized carbons (Fsp3) is 0.840. The van der Waals surface area contributed by atoms with Crippen molar-refractivity contribution in [1.29, 1.82) is 0 Å². The summed E-state index contributed by atoms with van der Waals surface area (Å²) in [5.74, 6) is -8.74. The minimum atomic E-state index is -1.48. The van der Waals surface area contributed by atoms with Gasteiger partial charge < -0.3 is 70.3 Å². The average molecular weight is 1430 g/mol. The fourth-order valence-electron chi connectivity index (χ4n) is 14.8. The number of rotatable bonds is 19.